The van der Waals surface area contributed by atoms with E-state index in [1.807, 2.05) is 37.4 Å². The smallest absolute Gasteiger partial charge is 0.125 e. The van der Waals surface area contributed by atoms with Gasteiger partial charge >= 0.3 is 0 Å². The average molecular weight is 226 g/mol. The standard InChI is InChI=1S/C14H11FN2/c1-17-14-4-2-3-11(8-14)12-5-10(9-16)6-13(15)7-12/h2-8,17H,1H3. The zero-order chi connectivity index (χ0) is 12.3. The first-order valence-corrected chi connectivity index (χ1v) is 5.22. The second-order valence-corrected chi connectivity index (χ2v) is 3.67. The van der Waals surface area contributed by atoms with E-state index in [9.17, 15) is 4.39 Å². The Hall–Kier alpha value is -2.34. The van der Waals surface area contributed by atoms with Crippen molar-refractivity contribution in [2.45, 2.75) is 0 Å². The monoisotopic (exact) mass is 226 g/mol. The third kappa shape index (κ3) is 2.43. The van der Waals surface area contributed by atoms with Crippen LogP contribution in [-0.4, -0.2) is 7.05 Å². The van der Waals surface area contributed by atoms with E-state index in [0.717, 1.165) is 11.3 Å². The molecule has 0 atom stereocenters. The van der Waals surface area contributed by atoms with Gasteiger partial charge in [0.25, 0.3) is 0 Å². The Labute approximate surface area is 99.3 Å². The van der Waals surface area contributed by atoms with Crippen LogP contribution in [-0.2, 0) is 0 Å². The Bertz CT molecular complexity index is 585. The molecule has 0 spiro atoms. The Balaban J connectivity index is 2.52. The van der Waals surface area contributed by atoms with Gasteiger partial charge in [-0.1, -0.05) is 12.1 Å². The Kier molecular flexibility index (Phi) is 3.06. The van der Waals surface area contributed by atoms with Gasteiger partial charge in [0.05, 0.1) is 11.6 Å². The molecule has 0 saturated carbocycles. The first kappa shape index (κ1) is 11.2. The summed E-state index contributed by atoms with van der Waals surface area (Å²) in [5.74, 6) is -0.395. The fraction of sp³-hybridized carbons (Fsp3) is 0.0714. The van der Waals surface area contributed by atoms with Crippen LogP contribution in [0.25, 0.3) is 11.1 Å². The molecule has 17 heavy (non-hydrogen) atoms. The molecule has 84 valence electrons. The Morgan fingerprint density at radius 2 is 1.94 bits per heavy atom. The van der Waals surface area contributed by atoms with Crippen LogP contribution in [0.2, 0.25) is 0 Å². The first-order valence-electron chi connectivity index (χ1n) is 5.22. The lowest BCUT2D eigenvalue weighted by Gasteiger charge is -2.05. The third-order valence-electron chi connectivity index (χ3n) is 2.51. The van der Waals surface area contributed by atoms with Crippen LogP contribution < -0.4 is 5.32 Å². The molecule has 0 radical (unpaired) electrons. The molecule has 0 aliphatic heterocycles. The minimum Gasteiger partial charge on any atom is -0.388 e. The fourth-order valence-corrected chi connectivity index (χ4v) is 1.68. The maximum Gasteiger partial charge on any atom is 0.125 e. The van der Waals surface area contributed by atoms with Gasteiger partial charge in [0.15, 0.2) is 0 Å². The topological polar surface area (TPSA) is 35.8 Å². The molecule has 0 unspecified atom stereocenters. The second kappa shape index (κ2) is 4.67. The van der Waals surface area contributed by atoms with Crippen LogP contribution in [0.1, 0.15) is 5.56 Å². The van der Waals surface area contributed by atoms with E-state index < -0.39 is 5.82 Å². The van der Waals surface area contributed by atoms with Gasteiger partial charge in [-0.05, 0) is 41.5 Å². The van der Waals surface area contributed by atoms with Crippen molar-refractivity contribution in [1.29, 1.82) is 5.26 Å². The van der Waals surface area contributed by atoms with E-state index in [2.05, 4.69) is 5.32 Å². The maximum absolute atomic E-state index is 13.3. The molecule has 0 aromatic heterocycles. The van der Waals surface area contributed by atoms with Gasteiger partial charge in [0, 0.05) is 12.7 Å². The van der Waals surface area contributed by atoms with E-state index in [0.29, 0.717) is 11.1 Å². The van der Waals surface area contributed by atoms with Gasteiger partial charge in [0.2, 0.25) is 0 Å². The molecule has 2 nitrogen and oxygen atoms in total. The molecule has 0 amide bonds. The lowest BCUT2D eigenvalue weighted by atomic mass is 10.0. The van der Waals surface area contributed by atoms with Crippen molar-refractivity contribution in [3.8, 4) is 17.2 Å². The molecular weight excluding hydrogens is 215 g/mol. The largest absolute Gasteiger partial charge is 0.388 e. The van der Waals surface area contributed by atoms with Crippen molar-refractivity contribution in [2.24, 2.45) is 0 Å². The van der Waals surface area contributed by atoms with Crippen LogP contribution in [0.5, 0.6) is 0 Å². The van der Waals surface area contributed by atoms with Crippen molar-refractivity contribution < 1.29 is 4.39 Å². The number of anilines is 1. The molecule has 0 fully saturated rings. The number of nitriles is 1. The highest BCUT2D eigenvalue weighted by Gasteiger charge is 2.03. The van der Waals surface area contributed by atoms with Gasteiger partial charge in [-0.2, -0.15) is 5.26 Å². The lowest BCUT2D eigenvalue weighted by Crippen LogP contribution is -1.89. The van der Waals surface area contributed by atoms with Crippen molar-refractivity contribution in [3.63, 3.8) is 0 Å². The van der Waals surface area contributed by atoms with E-state index >= 15 is 0 Å². The van der Waals surface area contributed by atoms with Crippen molar-refractivity contribution in [2.75, 3.05) is 12.4 Å². The van der Waals surface area contributed by atoms with E-state index in [1.165, 1.54) is 12.1 Å². The number of nitrogens with one attached hydrogen (secondary N) is 1. The van der Waals surface area contributed by atoms with Crippen LogP contribution in [0.4, 0.5) is 10.1 Å². The molecule has 0 aliphatic rings. The van der Waals surface area contributed by atoms with Crippen LogP contribution in [0, 0.1) is 17.1 Å². The van der Waals surface area contributed by atoms with Crippen molar-refractivity contribution in [1.82, 2.24) is 0 Å². The summed E-state index contributed by atoms with van der Waals surface area (Å²) in [4.78, 5) is 0. The van der Waals surface area contributed by atoms with Crippen molar-refractivity contribution in [3.05, 3.63) is 53.8 Å². The zero-order valence-electron chi connectivity index (χ0n) is 9.37. The molecule has 0 aliphatic carbocycles. The van der Waals surface area contributed by atoms with Crippen LogP contribution in [0.15, 0.2) is 42.5 Å². The number of rotatable bonds is 2. The van der Waals surface area contributed by atoms with Gasteiger partial charge in [0.1, 0.15) is 5.82 Å². The molecule has 0 bridgehead atoms. The lowest BCUT2D eigenvalue weighted by molar-refractivity contribution is 0.628. The normalized spacial score (nSPS) is 9.71. The van der Waals surface area contributed by atoms with Gasteiger partial charge in [-0.15, -0.1) is 0 Å². The molecule has 3 heteroatoms. The molecule has 2 rings (SSSR count). The van der Waals surface area contributed by atoms with E-state index in [1.54, 1.807) is 6.07 Å². The minimum absolute atomic E-state index is 0.329. The van der Waals surface area contributed by atoms with Crippen molar-refractivity contribution >= 4 is 5.69 Å². The molecule has 2 aromatic carbocycles. The highest BCUT2D eigenvalue weighted by atomic mass is 19.1. The molecule has 1 N–H and O–H groups in total. The maximum atomic E-state index is 13.3. The summed E-state index contributed by atoms with van der Waals surface area (Å²) in [7, 11) is 1.82. The highest BCUT2D eigenvalue weighted by molar-refractivity contribution is 5.69. The number of hydrogen-bond acceptors (Lipinski definition) is 2. The second-order valence-electron chi connectivity index (χ2n) is 3.67. The molecule has 0 saturated heterocycles. The van der Waals surface area contributed by atoms with Gasteiger partial charge < -0.3 is 5.32 Å². The summed E-state index contributed by atoms with van der Waals surface area (Å²) in [5, 5.41) is 11.8. The number of nitrogens with zero attached hydrogens (tertiary/aromatic N) is 1. The quantitative estimate of drug-likeness (QED) is 0.851. The van der Waals surface area contributed by atoms with Gasteiger partial charge in [-0.25, -0.2) is 4.39 Å². The minimum atomic E-state index is -0.395. The third-order valence-corrected chi connectivity index (χ3v) is 2.51. The summed E-state index contributed by atoms with van der Waals surface area (Å²) in [6.07, 6.45) is 0. The van der Waals surface area contributed by atoms with Crippen LogP contribution in [0.3, 0.4) is 0 Å². The number of benzene rings is 2. The highest BCUT2D eigenvalue weighted by Crippen LogP contribution is 2.24. The Morgan fingerprint density at radius 3 is 2.65 bits per heavy atom. The SMILES string of the molecule is CNc1cccc(-c2cc(F)cc(C#N)c2)c1. The molecular formula is C14H11FN2. The van der Waals surface area contributed by atoms with E-state index in [-0.39, 0.29) is 0 Å². The molecule has 2 aromatic rings. The summed E-state index contributed by atoms with van der Waals surface area (Å²) in [5.41, 5.74) is 2.87. The first-order chi connectivity index (χ1) is 8.22. The summed E-state index contributed by atoms with van der Waals surface area (Å²) >= 11 is 0. The Morgan fingerprint density at radius 1 is 1.12 bits per heavy atom. The predicted molar refractivity (Wildman–Crippen MR) is 66.1 cm³/mol. The summed E-state index contributed by atoms with van der Waals surface area (Å²) < 4.78 is 13.3. The predicted octanol–water partition coefficient (Wildman–Crippen LogP) is 3.41. The number of halogens is 1. The number of hydrogen-bond donors (Lipinski definition) is 1. The zero-order valence-corrected chi connectivity index (χ0v) is 9.37. The van der Waals surface area contributed by atoms with Gasteiger partial charge in [-0.3, -0.25) is 0 Å². The fourth-order valence-electron chi connectivity index (χ4n) is 1.68. The summed E-state index contributed by atoms with van der Waals surface area (Å²) in [6, 6.07) is 13.9. The van der Waals surface area contributed by atoms with Crippen LogP contribution >= 0.6 is 0 Å². The summed E-state index contributed by atoms with van der Waals surface area (Å²) in [6.45, 7) is 0. The van der Waals surface area contributed by atoms with E-state index in [4.69, 9.17) is 5.26 Å². The molecule has 0 heterocycles. The average Bonchev–Trinajstić information content (AvgIpc) is 2.38.